The van der Waals surface area contributed by atoms with Crippen LogP contribution in [0.4, 0.5) is 0 Å². The van der Waals surface area contributed by atoms with Crippen LogP contribution in [0.25, 0.3) is 0 Å². The largest absolute Gasteiger partial charge is 0.330 e. The van der Waals surface area contributed by atoms with Crippen molar-refractivity contribution in [3.63, 3.8) is 0 Å². The highest BCUT2D eigenvalue weighted by Gasteiger charge is 2.28. The highest BCUT2D eigenvalue weighted by atomic mass is 32.2. The average Bonchev–Trinajstić information content (AvgIpc) is 2.69. The Morgan fingerprint density at radius 1 is 1.53 bits per heavy atom. The van der Waals surface area contributed by atoms with Gasteiger partial charge < -0.3 is 10.3 Å². The minimum Gasteiger partial charge on any atom is -0.330 e. The van der Waals surface area contributed by atoms with E-state index in [0.29, 0.717) is 18.3 Å². The molecule has 6 nitrogen and oxygen atoms in total. The lowest BCUT2D eigenvalue weighted by Gasteiger charge is -2.23. The summed E-state index contributed by atoms with van der Waals surface area (Å²) in [5.74, 6) is 1.85. The SMILES string of the molecule is CC(c1nnc2n1CCC(CN)C2)S(C)(=O)=O. The standard InChI is InChI=1S/C10H18N4O2S/c1-7(17(2,15)16)10-13-12-9-5-8(6-11)3-4-14(9)10/h7-8H,3-6,11H2,1-2H3. The third-order valence-electron chi connectivity index (χ3n) is 3.43. The first kappa shape index (κ1) is 12.5. The molecule has 0 radical (unpaired) electrons. The van der Waals surface area contributed by atoms with Crippen molar-refractivity contribution in [3.8, 4) is 0 Å². The summed E-state index contributed by atoms with van der Waals surface area (Å²) in [6, 6.07) is 0. The first-order valence-corrected chi connectivity index (χ1v) is 7.70. The first-order chi connectivity index (χ1) is 7.93. The van der Waals surface area contributed by atoms with Crippen LogP contribution in [-0.2, 0) is 22.8 Å². The number of nitrogens with two attached hydrogens (primary N) is 1. The quantitative estimate of drug-likeness (QED) is 0.818. The summed E-state index contributed by atoms with van der Waals surface area (Å²) in [5.41, 5.74) is 5.64. The monoisotopic (exact) mass is 258 g/mol. The molecule has 2 unspecified atom stereocenters. The van der Waals surface area contributed by atoms with Gasteiger partial charge in [-0.2, -0.15) is 0 Å². The van der Waals surface area contributed by atoms with Gasteiger partial charge in [-0.15, -0.1) is 10.2 Å². The number of aromatic nitrogens is 3. The zero-order valence-electron chi connectivity index (χ0n) is 10.1. The molecule has 0 spiro atoms. The molecule has 0 aromatic carbocycles. The van der Waals surface area contributed by atoms with E-state index in [1.54, 1.807) is 6.92 Å². The Labute approximate surface area is 101 Å². The van der Waals surface area contributed by atoms with Crippen molar-refractivity contribution in [1.82, 2.24) is 14.8 Å². The van der Waals surface area contributed by atoms with Gasteiger partial charge in [-0.3, -0.25) is 0 Å². The molecule has 17 heavy (non-hydrogen) atoms. The summed E-state index contributed by atoms with van der Waals surface area (Å²) in [4.78, 5) is 0. The van der Waals surface area contributed by atoms with E-state index in [0.717, 1.165) is 25.2 Å². The molecule has 2 rings (SSSR count). The van der Waals surface area contributed by atoms with E-state index in [1.165, 1.54) is 6.26 Å². The highest BCUT2D eigenvalue weighted by molar-refractivity contribution is 7.90. The molecule has 1 aliphatic heterocycles. The third-order valence-corrected chi connectivity index (χ3v) is 4.92. The van der Waals surface area contributed by atoms with Crippen molar-refractivity contribution in [2.75, 3.05) is 12.8 Å². The fraction of sp³-hybridized carbons (Fsp3) is 0.800. The summed E-state index contributed by atoms with van der Waals surface area (Å²) in [6.45, 7) is 3.06. The Balaban J connectivity index is 2.32. The zero-order valence-corrected chi connectivity index (χ0v) is 10.9. The van der Waals surface area contributed by atoms with Gasteiger partial charge in [-0.25, -0.2) is 8.42 Å². The van der Waals surface area contributed by atoms with Crippen LogP contribution in [-0.4, -0.2) is 36.0 Å². The van der Waals surface area contributed by atoms with E-state index in [4.69, 9.17) is 5.73 Å². The average molecular weight is 258 g/mol. The molecule has 2 atom stereocenters. The molecular formula is C10H18N4O2S. The van der Waals surface area contributed by atoms with Crippen LogP contribution < -0.4 is 5.73 Å². The van der Waals surface area contributed by atoms with Gasteiger partial charge in [-0.05, 0) is 25.8 Å². The van der Waals surface area contributed by atoms with Crippen molar-refractivity contribution in [3.05, 3.63) is 11.6 Å². The molecular weight excluding hydrogens is 240 g/mol. The molecule has 0 aliphatic carbocycles. The van der Waals surface area contributed by atoms with E-state index in [1.807, 2.05) is 4.57 Å². The molecule has 0 saturated heterocycles. The van der Waals surface area contributed by atoms with Crippen molar-refractivity contribution < 1.29 is 8.42 Å². The maximum atomic E-state index is 11.5. The Morgan fingerprint density at radius 3 is 2.82 bits per heavy atom. The van der Waals surface area contributed by atoms with Crippen molar-refractivity contribution in [1.29, 1.82) is 0 Å². The number of rotatable bonds is 3. The number of nitrogens with zero attached hydrogens (tertiary/aromatic N) is 3. The molecule has 0 fully saturated rings. The van der Waals surface area contributed by atoms with Crippen molar-refractivity contribution >= 4 is 9.84 Å². The van der Waals surface area contributed by atoms with Crippen molar-refractivity contribution in [2.45, 2.75) is 31.6 Å². The first-order valence-electron chi connectivity index (χ1n) is 5.74. The minimum absolute atomic E-state index is 0.438. The molecule has 2 N–H and O–H groups in total. The molecule has 96 valence electrons. The maximum absolute atomic E-state index is 11.5. The summed E-state index contributed by atoms with van der Waals surface area (Å²) >= 11 is 0. The van der Waals surface area contributed by atoms with Crippen LogP contribution in [0.3, 0.4) is 0 Å². The molecule has 1 aromatic rings. The van der Waals surface area contributed by atoms with Gasteiger partial charge in [-0.1, -0.05) is 0 Å². The Morgan fingerprint density at radius 2 is 2.24 bits per heavy atom. The second kappa shape index (κ2) is 4.38. The fourth-order valence-electron chi connectivity index (χ4n) is 2.11. The van der Waals surface area contributed by atoms with Gasteiger partial charge >= 0.3 is 0 Å². The number of hydrogen-bond donors (Lipinski definition) is 1. The minimum atomic E-state index is -3.13. The Kier molecular flexibility index (Phi) is 3.22. The molecule has 0 bridgehead atoms. The lowest BCUT2D eigenvalue weighted by Crippen LogP contribution is -2.27. The summed E-state index contributed by atoms with van der Waals surface area (Å²) in [5, 5.41) is 7.51. The second-order valence-corrected chi connectivity index (χ2v) is 7.06. The maximum Gasteiger partial charge on any atom is 0.157 e. The van der Waals surface area contributed by atoms with Crippen LogP contribution in [0.5, 0.6) is 0 Å². The lowest BCUT2D eigenvalue weighted by molar-refractivity contribution is 0.383. The van der Waals surface area contributed by atoms with Gasteiger partial charge in [0.1, 0.15) is 11.1 Å². The highest BCUT2D eigenvalue weighted by Crippen LogP contribution is 2.25. The molecule has 7 heteroatoms. The van der Waals surface area contributed by atoms with E-state index in [-0.39, 0.29) is 0 Å². The lowest BCUT2D eigenvalue weighted by atomic mass is 9.98. The van der Waals surface area contributed by atoms with E-state index in [2.05, 4.69) is 10.2 Å². The summed E-state index contributed by atoms with van der Waals surface area (Å²) < 4.78 is 25.0. The van der Waals surface area contributed by atoms with Gasteiger partial charge in [0.2, 0.25) is 0 Å². The van der Waals surface area contributed by atoms with Gasteiger partial charge in [0.25, 0.3) is 0 Å². The number of sulfone groups is 1. The topological polar surface area (TPSA) is 90.9 Å². The van der Waals surface area contributed by atoms with Crippen LogP contribution in [0.15, 0.2) is 0 Å². The van der Waals surface area contributed by atoms with Gasteiger partial charge in [0.05, 0.1) is 0 Å². The number of fused-ring (bicyclic) bond motifs is 1. The van der Waals surface area contributed by atoms with E-state index >= 15 is 0 Å². The second-order valence-electron chi connectivity index (χ2n) is 4.69. The predicted molar refractivity (Wildman–Crippen MR) is 64.1 cm³/mol. The van der Waals surface area contributed by atoms with Crippen LogP contribution in [0.1, 0.15) is 30.2 Å². The summed E-state index contributed by atoms with van der Waals surface area (Å²) in [6.07, 6.45) is 2.98. The van der Waals surface area contributed by atoms with E-state index in [9.17, 15) is 8.42 Å². The third kappa shape index (κ3) is 2.35. The van der Waals surface area contributed by atoms with Gasteiger partial charge in [0.15, 0.2) is 15.7 Å². The number of hydrogen-bond acceptors (Lipinski definition) is 5. The summed E-state index contributed by atoms with van der Waals surface area (Å²) in [7, 11) is -3.13. The van der Waals surface area contributed by atoms with Gasteiger partial charge in [0, 0.05) is 19.2 Å². The Hall–Kier alpha value is -0.950. The smallest absolute Gasteiger partial charge is 0.157 e. The molecule has 0 amide bonds. The molecule has 2 heterocycles. The normalized spacial score (nSPS) is 22.2. The molecule has 1 aromatic heterocycles. The Bertz CT molecular complexity index is 508. The van der Waals surface area contributed by atoms with Crippen LogP contribution in [0.2, 0.25) is 0 Å². The fourth-order valence-corrected chi connectivity index (χ4v) is 2.67. The molecule has 0 saturated carbocycles. The van der Waals surface area contributed by atoms with Crippen molar-refractivity contribution in [2.24, 2.45) is 11.7 Å². The van der Waals surface area contributed by atoms with Crippen LogP contribution in [0, 0.1) is 5.92 Å². The molecule has 1 aliphatic rings. The van der Waals surface area contributed by atoms with Crippen LogP contribution >= 0.6 is 0 Å². The predicted octanol–water partition coefficient (Wildman–Crippen LogP) is -0.0952. The zero-order chi connectivity index (χ0) is 12.6. The van der Waals surface area contributed by atoms with E-state index < -0.39 is 15.1 Å².